The maximum absolute atomic E-state index is 8.79. The molecule has 1 fully saturated rings. The summed E-state index contributed by atoms with van der Waals surface area (Å²) in [7, 11) is 1.97. The van der Waals surface area contributed by atoms with E-state index in [1.54, 1.807) is 12.3 Å². The van der Waals surface area contributed by atoms with Crippen molar-refractivity contribution < 1.29 is 4.74 Å². The van der Waals surface area contributed by atoms with Gasteiger partial charge in [-0.3, -0.25) is 0 Å². The second-order valence-corrected chi connectivity index (χ2v) is 4.32. The van der Waals surface area contributed by atoms with Gasteiger partial charge in [-0.15, -0.1) is 0 Å². The lowest BCUT2D eigenvalue weighted by Crippen LogP contribution is -2.43. The summed E-state index contributed by atoms with van der Waals surface area (Å²) < 4.78 is 5.95. The van der Waals surface area contributed by atoms with Gasteiger partial charge in [-0.2, -0.15) is 5.26 Å². The number of aromatic nitrogens is 1. The molecule has 1 aromatic rings. The van der Waals surface area contributed by atoms with Crippen LogP contribution in [0.25, 0.3) is 0 Å². The van der Waals surface area contributed by atoms with Crippen LogP contribution in [0.15, 0.2) is 18.3 Å². The monoisotopic (exact) mass is 231 g/mol. The van der Waals surface area contributed by atoms with Gasteiger partial charge in [-0.25, -0.2) is 4.98 Å². The van der Waals surface area contributed by atoms with Crippen LogP contribution in [0.2, 0.25) is 0 Å². The predicted octanol–water partition coefficient (Wildman–Crippen LogP) is 1.86. The minimum atomic E-state index is 0.197. The highest BCUT2D eigenvalue weighted by molar-refractivity contribution is 5.30. The molecule has 1 aliphatic rings. The maximum Gasteiger partial charge on any atom is 0.144 e. The van der Waals surface area contributed by atoms with Crippen LogP contribution in [0.1, 0.15) is 31.4 Å². The van der Waals surface area contributed by atoms with E-state index in [9.17, 15) is 0 Å². The number of ether oxygens (including phenoxy) is 1. The Labute approximate surface area is 102 Å². The lowest BCUT2D eigenvalue weighted by Gasteiger charge is -2.31. The number of nitriles is 1. The molecule has 4 nitrogen and oxygen atoms in total. The number of pyridine rings is 1. The van der Waals surface area contributed by atoms with E-state index < -0.39 is 0 Å². The Morgan fingerprint density at radius 3 is 3.06 bits per heavy atom. The van der Waals surface area contributed by atoms with Crippen LogP contribution >= 0.6 is 0 Å². The maximum atomic E-state index is 8.79. The van der Waals surface area contributed by atoms with Crippen molar-refractivity contribution in [2.24, 2.45) is 0 Å². The van der Waals surface area contributed by atoms with E-state index in [1.807, 2.05) is 19.2 Å². The number of rotatable bonds is 3. The second kappa shape index (κ2) is 5.65. The highest BCUT2D eigenvalue weighted by Gasteiger charge is 2.25. The Balaban J connectivity index is 2.06. The van der Waals surface area contributed by atoms with Crippen molar-refractivity contribution in [2.45, 2.75) is 37.8 Å². The van der Waals surface area contributed by atoms with Gasteiger partial charge >= 0.3 is 0 Å². The molecule has 0 radical (unpaired) electrons. The summed E-state index contributed by atoms with van der Waals surface area (Å²) in [4.78, 5) is 3.93. The second-order valence-electron chi connectivity index (χ2n) is 4.32. The fraction of sp³-hybridized carbons (Fsp3) is 0.538. The van der Waals surface area contributed by atoms with Crippen LogP contribution in [0.4, 0.5) is 0 Å². The van der Waals surface area contributed by atoms with Crippen LogP contribution in [-0.2, 0) is 0 Å². The summed E-state index contributed by atoms with van der Waals surface area (Å²) >= 11 is 0. The molecule has 0 aliphatic heterocycles. The van der Waals surface area contributed by atoms with Crippen LogP contribution in [0.3, 0.4) is 0 Å². The molecule has 1 aliphatic carbocycles. The molecule has 2 unspecified atom stereocenters. The van der Waals surface area contributed by atoms with Crippen molar-refractivity contribution in [1.29, 1.82) is 5.26 Å². The Morgan fingerprint density at radius 1 is 1.47 bits per heavy atom. The number of likely N-dealkylation sites (N-methyl/N-ethyl adjacent to an activating group) is 1. The molecule has 0 amide bonds. The number of hydrogen-bond acceptors (Lipinski definition) is 4. The first kappa shape index (κ1) is 11.9. The van der Waals surface area contributed by atoms with Crippen LogP contribution in [-0.4, -0.2) is 24.2 Å². The van der Waals surface area contributed by atoms with E-state index in [-0.39, 0.29) is 6.10 Å². The van der Waals surface area contributed by atoms with E-state index in [0.29, 0.717) is 11.7 Å². The van der Waals surface area contributed by atoms with Gasteiger partial charge < -0.3 is 10.1 Å². The van der Waals surface area contributed by atoms with Gasteiger partial charge in [0.15, 0.2) is 0 Å². The zero-order chi connectivity index (χ0) is 12.1. The summed E-state index contributed by atoms with van der Waals surface area (Å²) in [6.07, 6.45) is 6.49. The molecular formula is C13H17N3O. The summed E-state index contributed by atoms with van der Waals surface area (Å²) in [6, 6.07) is 5.93. The summed E-state index contributed by atoms with van der Waals surface area (Å²) in [6.45, 7) is 0. The molecule has 1 heterocycles. The topological polar surface area (TPSA) is 57.9 Å². The van der Waals surface area contributed by atoms with E-state index in [0.717, 1.165) is 18.6 Å². The van der Waals surface area contributed by atoms with Gasteiger partial charge in [-0.1, -0.05) is 6.42 Å². The number of hydrogen-bond donors (Lipinski definition) is 1. The normalized spacial score (nSPS) is 24.0. The van der Waals surface area contributed by atoms with E-state index >= 15 is 0 Å². The van der Waals surface area contributed by atoms with Crippen molar-refractivity contribution in [3.8, 4) is 11.8 Å². The van der Waals surface area contributed by atoms with Crippen LogP contribution in [0.5, 0.6) is 5.75 Å². The molecule has 0 aromatic carbocycles. The quantitative estimate of drug-likeness (QED) is 0.862. The average Bonchev–Trinajstić information content (AvgIpc) is 2.39. The van der Waals surface area contributed by atoms with Crippen LogP contribution < -0.4 is 10.1 Å². The van der Waals surface area contributed by atoms with Crippen molar-refractivity contribution in [3.63, 3.8) is 0 Å². The van der Waals surface area contributed by atoms with Crippen molar-refractivity contribution in [3.05, 3.63) is 24.0 Å². The fourth-order valence-electron chi connectivity index (χ4n) is 2.29. The first-order valence-electron chi connectivity index (χ1n) is 6.03. The lowest BCUT2D eigenvalue weighted by atomic mass is 9.92. The molecule has 1 aromatic heterocycles. The summed E-state index contributed by atoms with van der Waals surface area (Å²) in [5.74, 6) is 0.740. The van der Waals surface area contributed by atoms with Gasteiger partial charge in [0.25, 0.3) is 0 Å². The van der Waals surface area contributed by atoms with Gasteiger partial charge in [-0.05, 0) is 32.4 Å². The highest BCUT2D eigenvalue weighted by Crippen LogP contribution is 2.23. The average molecular weight is 231 g/mol. The third kappa shape index (κ3) is 2.95. The standard InChI is InChI=1S/C13H17N3O/c1-15-12-4-2-3-5-13(12)17-11-6-7-16-10(8-11)9-14/h6-8,12-13,15H,2-5H2,1H3. The Bertz CT molecular complexity index is 413. The van der Waals surface area contributed by atoms with E-state index in [1.165, 1.54) is 12.8 Å². The molecule has 90 valence electrons. The molecule has 17 heavy (non-hydrogen) atoms. The summed E-state index contributed by atoms with van der Waals surface area (Å²) in [5.41, 5.74) is 0.402. The zero-order valence-electron chi connectivity index (χ0n) is 10.0. The minimum Gasteiger partial charge on any atom is -0.489 e. The number of nitrogens with one attached hydrogen (secondary N) is 1. The lowest BCUT2D eigenvalue weighted by molar-refractivity contribution is 0.118. The van der Waals surface area contributed by atoms with Crippen molar-refractivity contribution >= 4 is 0 Å². The molecule has 1 saturated carbocycles. The van der Waals surface area contributed by atoms with E-state index in [2.05, 4.69) is 10.3 Å². The third-order valence-electron chi connectivity index (χ3n) is 3.21. The molecule has 0 spiro atoms. The molecule has 0 saturated heterocycles. The molecule has 4 heteroatoms. The summed E-state index contributed by atoms with van der Waals surface area (Å²) in [5, 5.41) is 12.1. The zero-order valence-corrected chi connectivity index (χ0v) is 10.0. The van der Waals surface area contributed by atoms with Crippen molar-refractivity contribution in [2.75, 3.05) is 7.05 Å². The van der Waals surface area contributed by atoms with Crippen molar-refractivity contribution in [1.82, 2.24) is 10.3 Å². The van der Waals surface area contributed by atoms with Gasteiger partial charge in [0.2, 0.25) is 0 Å². The highest BCUT2D eigenvalue weighted by atomic mass is 16.5. The minimum absolute atomic E-state index is 0.197. The first-order chi connectivity index (χ1) is 8.33. The SMILES string of the molecule is CNC1CCCCC1Oc1ccnc(C#N)c1. The Kier molecular flexibility index (Phi) is 3.94. The Morgan fingerprint density at radius 2 is 2.29 bits per heavy atom. The first-order valence-corrected chi connectivity index (χ1v) is 6.03. The largest absolute Gasteiger partial charge is 0.489 e. The van der Waals surface area contributed by atoms with Gasteiger partial charge in [0, 0.05) is 18.3 Å². The smallest absolute Gasteiger partial charge is 0.144 e. The van der Waals surface area contributed by atoms with Gasteiger partial charge in [0.05, 0.1) is 0 Å². The van der Waals surface area contributed by atoms with Crippen LogP contribution in [0, 0.1) is 11.3 Å². The number of nitrogens with zero attached hydrogens (tertiary/aromatic N) is 2. The van der Waals surface area contributed by atoms with Gasteiger partial charge in [0.1, 0.15) is 23.6 Å². The molecule has 2 rings (SSSR count). The third-order valence-corrected chi connectivity index (χ3v) is 3.21. The molecule has 2 atom stereocenters. The predicted molar refractivity (Wildman–Crippen MR) is 64.7 cm³/mol. The fourth-order valence-corrected chi connectivity index (χ4v) is 2.29. The molecular weight excluding hydrogens is 214 g/mol. The van der Waals surface area contributed by atoms with E-state index in [4.69, 9.17) is 10.00 Å². The molecule has 0 bridgehead atoms. The Hall–Kier alpha value is -1.60. The molecule has 1 N–H and O–H groups in total.